The van der Waals surface area contributed by atoms with Crippen LogP contribution in [-0.4, -0.2) is 120 Å². The first kappa shape index (κ1) is 79.1. The third-order valence-electron chi connectivity index (χ3n) is 18.2. The number of nitrogens with two attached hydrogens (primary N) is 1. The van der Waals surface area contributed by atoms with Crippen molar-refractivity contribution < 1.29 is 91.3 Å². The molecule has 8 aromatic rings. The van der Waals surface area contributed by atoms with Crippen molar-refractivity contribution in [2.75, 3.05) is 21.3 Å². The highest BCUT2D eigenvalue weighted by Crippen LogP contribution is 2.49. The van der Waals surface area contributed by atoms with Crippen molar-refractivity contribution in [2.24, 2.45) is 11.7 Å². The predicted octanol–water partition coefficient (Wildman–Crippen LogP) is 10.1. The number of carbonyl (C=O) groups is 9. The Morgan fingerprint density at radius 2 is 1.13 bits per heavy atom. The molecule has 27 nitrogen and oxygen atoms in total. The number of amides is 8. The molecule has 9 atom stereocenters. The quantitative estimate of drug-likeness (QED) is 0.0361. The van der Waals surface area contributed by atoms with Crippen LogP contribution in [0.5, 0.6) is 46.0 Å². The minimum atomic E-state index is -2.15. The highest BCUT2D eigenvalue weighted by molar-refractivity contribution is 6.32. The highest BCUT2D eigenvalue weighted by Gasteiger charge is 2.43. The SMILES string of the molecule is COc1cc(OC)c2c(c1)[C@@H](C(=O)OCc1ccccc1)NC(=O)[C@H]1NC(=O)[C@H](NC(=O)[C@@H]3NC(=O)[C@H](CC(N)=O)NC(=O)[C@H](NC(=O)[C@@H](CC(C)C)N(C)C(=O)OC(C)(C)C)[C@H](O)c4ccc(c(Cl)c4)Oc4cc3cc(c4OCc3ccccc3)Oc3ccc(cc3Cl)[C@H]1O)c1ccc(OCc3ccccc3)c-2c1. The lowest BCUT2D eigenvalue weighted by atomic mass is 9.89. The molecular weight excluding hydrogens is 1460 g/mol. The smallest absolute Gasteiger partial charge is 0.410 e. The van der Waals surface area contributed by atoms with Gasteiger partial charge >= 0.3 is 12.1 Å². The standard InChI is InChI=1S/C81H82Cl2N8O19/c1-42(2)30-56(91(6)80(102)110-81(3,4)5)74(96)89-68-70(93)47-25-28-58(53(82)32-47)108-61-34-49-35-62(72(61)106-40-44-20-14-10-15-21-44)109-59-29-26-48(33-54(59)83)71(94)69-78(100)88-67(79(101)107-41-45-22-16-11-17-23-45)52-36-50(103-7)37-60(104-8)64(52)51-31-46(24-27-57(51)105-39-43-18-12-9-13-19-43)65(75(97)90-69)87-76(98)66(49)86-73(95)55(38-63(84)92)85-77(68)99/h9-29,31-37,42,55-56,65-71,93-94H,30,38-41H2,1-8H3,(H2,84,92)(H,85,99)(H,86,95)(H,87,98)(H,88,100)(H,89,96)(H,90,97)/t55-,56+,65+,66+,67-,68+,69-,70+,71+/m0/s1. The van der Waals surface area contributed by atoms with Gasteiger partial charge in [-0.3, -0.25) is 38.5 Å². The van der Waals surface area contributed by atoms with Gasteiger partial charge in [-0.1, -0.05) is 146 Å². The second-order valence-electron chi connectivity index (χ2n) is 27.8. The molecule has 0 unspecified atom stereocenters. The second kappa shape index (κ2) is 34.5. The predicted molar refractivity (Wildman–Crippen MR) is 402 cm³/mol. The van der Waals surface area contributed by atoms with Gasteiger partial charge in [0.05, 0.1) is 30.7 Å². The van der Waals surface area contributed by atoms with Crippen LogP contribution in [0.25, 0.3) is 11.1 Å². The van der Waals surface area contributed by atoms with Gasteiger partial charge in [-0.15, -0.1) is 0 Å². The summed E-state index contributed by atoms with van der Waals surface area (Å²) in [6.07, 6.45) is -6.02. The van der Waals surface area contributed by atoms with Crippen LogP contribution in [0.1, 0.15) is 122 Å². The number of carbonyl (C=O) groups excluding carboxylic acids is 9. The fourth-order valence-corrected chi connectivity index (χ4v) is 13.1. The molecule has 8 aromatic carbocycles. The molecule has 29 heteroatoms. The topological polar surface area (TPSA) is 369 Å². The molecule has 0 radical (unpaired) electrons. The number of nitrogens with zero attached hydrogens (tertiary/aromatic N) is 1. The van der Waals surface area contributed by atoms with E-state index in [-0.39, 0.29) is 127 Å². The number of aliphatic hydroxyl groups is 2. The van der Waals surface area contributed by atoms with Crippen molar-refractivity contribution in [1.82, 2.24) is 36.8 Å². The number of esters is 1. The molecule has 10 N–H and O–H groups in total. The number of hydrogen-bond donors (Lipinski definition) is 9. The number of benzene rings is 8. The average Bonchev–Trinajstić information content (AvgIpc) is 0.763. The van der Waals surface area contributed by atoms with E-state index in [1.807, 2.05) is 18.2 Å². The molecule has 11 bridgehead atoms. The normalized spacial score (nSPS) is 19.4. The van der Waals surface area contributed by atoms with E-state index in [1.165, 1.54) is 100 Å². The number of primary amides is 1. The Morgan fingerprint density at radius 1 is 0.582 bits per heavy atom. The Labute approximate surface area is 643 Å². The number of ether oxygens (including phenoxy) is 8. The van der Waals surface area contributed by atoms with Gasteiger partial charge in [0.25, 0.3) is 0 Å². The van der Waals surface area contributed by atoms with E-state index in [2.05, 4.69) is 31.9 Å². The summed E-state index contributed by atoms with van der Waals surface area (Å²) >= 11 is 14.3. The number of likely N-dealkylation sites (N-methyl/N-ethyl adjacent to an activating group) is 1. The first-order chi connectivity index (χ1) is 52.5. The van der Waals surface area contributed by atoms with E-state index in [1.54, 1.807) is 107 Å². The van der Waals surface area contributed by atoms with Gasteiger partial charge in [0, 0.05) is 29.8 Å². The zero-order chi connectivity index (χ0) is 78.8. The van der Waals surface area contributed by atoms with Gasteiger partial charge in [0.15, 0.2) is 17.5 Å². The third kappa shape index (κ3) is 18.8. The van der Waals surface area contributed by atoms with Gasteiger partial charge < -0.3 is 85.7 Å². The van der Waals surface area contributed by atoms with Gasteiger partial charge in [0.2, 0.25) is 47.1 Å². The molecule has 5 aliphatic rings. The van der Waals surface area contributed by atoms with Gasteiger partial charge in [-0.2, -0.15) is 0 Å². The molecule has 8 amide bonds. The number of fused-ring (bicyclic) bond motifs is 15. The van der Waals surface area contributed by atoms with Crippen LogP contribution in [0.2, 0.25) is 10.0 Å². The van der Waals surface area contributed by atoms with Crippen LogP contribution >= 0.6 is 23.2 Å². The number of methoxy groups -OCH3 is 2. The zero-order valence-electron chi connectivity index (χ0n) is 61.1. The summed E-state index contributed by atoms with van der Waals surface area (Å²) in [5, 5.41) is 40.6. The molecule has 5 heterocycles. The Hall–Kier alpha value is -11.9. The Morgan fingerprint density at radius 3 is 1.68 bits per heavy atom. The van der Waals surface area contributed by atoms with E-state index >= 15 is 28.8 Å². The van der Waals surface area contributed by atoms with Crippen molar-refractivity contribution in [3.8, 4) is 57.1 Å². The van der Waals surface area contributed by atoms with Gasteiger partial charge in [-0.25, -0.2) is 9.59 Å². The van der Waals surface area contributed by atoms with Crippen molar-refractivity contribution >= 4 is 76.6 Å². The largest absolute Gasteiger partial charge is 0.497 e. The minimum Gasteiger partial charge on any atom is -0.497 e. The first-order valence-corrected chi connectivity index (χ1v) is 35.8. The van der Waals surface area contributed by atoms with Gasteiger partial charge in [0.1, 0.15) is 103 Å². The maximum absolute atomic E-state index is 16.4. The van der Waals surface area contributed by atoms with Crippen molar-refractivity contribution in [2.45, 2.75) is 127 Å². The number of halogens is 2. The molecular formula is C81H82Cl2N8O19. The molecule has 0 spiro atoms. The maximum atomic E-state index is 16.4. The summed E-state index contributed by atoms with van der Waals surface area (Å²) in [6.45, 7) is 7.92. The van der Waals surface area contributed by atoms with Crippen LogP contribution in [0.15, 0.2) is 170 Å². The van der Waals surface area contributed by atoms with Crippen LogP contribution < -0.4 is 66.1 Å². The summed E-state index contributed by atoms with van der Waals surface area (Å²) in [5.41, 5.74) is 6.41. The number of aliphatic hydroxyl groups excluding tert-OH is 2. The summed E-state index contributed by atoms with van der Waals surface area (Å²) in [7, 11) is 4.03. The molecule has 0 saturated carbocycles. The molecule has 574 valence electrons. The fraction of sp³-hybridized carbons (Fsp3) is 0.296. The molecule has 0 fully saturated rings. The fourth-order valence-electron chi connectivity index (χ4n) is 12.6. The number of nitrogens with one attached hydrogen (secondary N) is 6. The summed E-state index contributed by atoms with van der Waals surface area (Å²) < 4.78 is 50.2. The van der Waals surface area contributed by atoms with E-state index in [0.29, 0.717) is 16.7 Å². The Bertz CT molecular complexity index is 4800. The lowest BCUT2D eigenvalue weighted by Crippen LogP contribution is -2.59. The molecule has 0 aliphatic carbocycles. The summed E-state index contributed by atoms with van der Waals surface area (Å²) in [4.78, 5) is 137. The molecule has 110 heavy (non-hydrogen) atoms. The second-order valence-corrected chi connectivity index (χ2v) is 28.6. The number of hydrogen-bond acceptors (Lipinski definition) is 19. The Balaban J connectivity index is 1.13. The monoisotopic (exact) mass is 1540 g/mol. The average molecular weight is 1540 g/mol. The van der Waals surface area contributed by atoms with Crippen molar-refractivity contribution in [3.05, 3.63) is 224 Å². The van der Waals surface area contributed by atoms with E-state index in [0.717, 1.165) is 4.90 Å². The summed E-state index contributed by atoms with van der Waals surface area (Å²) in [5.74, 6) is -10.5. The van der Waals surface area contributed by atoms with Crippen molar-refractivity contribution in [1.29, 1.82) is 0 Å². The lowest BCUT2D eigenvalue weighted by Gasteiger charge is -2.33. The van der Waals surface area contributed by atoms with Crippen LogP contribution in [0.4, 0.5) is 4.79 Å². The van der Waals surface area contributed by atoms with E-state index < -0.39 is 120 Å². The van der Waals surface area contributed by atoms with Gasteiger partial charge in [-0.05, 0) is 127 Å². The molecule has 0 saturated heterocycles. The van der Waals surface area contributed by atoms with Crippen molar-refractivity contribution in [3.63, 3.8) is 0 Å². The Kier molecular flexibility index (Phi) is 24.9. The van der Waals surface area contributed by atoms with E-state index in [9.17, 15) is 24.6 Å². The first-order valence-electron chi connectivity index (χ1n) is 35.0. The van der Waals surface area contributed by atoms with Crippen LogP contribution in [-0.2, 0) is 67.7 Å². The molecule has 0 aromatic heterocycles. The minimum absolute atomic E-state index is 0.00597. The molecule has 5 aliphatic heterocycles. The summed E-state index contributed by atoms with van der Waals surface area (Å²) in [6, 6.07) is 30.7. The molecule has 13 rings (SSSR count). The van der Waals surface area contributed by atoms with E-state index in [4.69, 9.17) is 66.8 Å². The number of rotatable bonds is 18. The van der Waals surface area contributed by atoms with Crippen LogP contribution in [0, 0.1) is 5.92 Å². The highest BCUT2D eigenvalue weighted by atomic mass is 35.5. The maximum Gasteiger partial charge on any atom is 0.410 e. The zero-order valence-corrected chi connectivity index (χ0v) is 62.6. The lowest BCUT2D eigenvalue weighted by molar-refractivity contribution is -0.150. The third-order valence-corrected chi connectivity index (χ3v) is 18.8. The van der Waals surface area contributed by atoms with Crippen LogP contribution in [0.3, 0.4) is 0 Å².